The summed E-state index contributed by atoms with van der Waals surface area (Å²) in [5, 5.41) is 2.86. The van der Waals surface area contributed by atoms with Gasteiger partial charge in [-0.2, -0.15) is 4.98 Å². The number of hydrogen-bond acceptors (Lipinski definition) is 5. The molecule has 0 radical (unpaired) electrons. The number of carbonyl (C=O) groups is 1. The Kier molecular flexibility index (Phi) is 2.70. The van der Waals surface area contributed by atoms with Gasteiger partial charge in [0.1, 0.15) is 11.1 Å². The van der Waals surface area contributed by atoms with Gasteiger partial charge in [-0.25, -0.2) is 9.78 Å². The predicted molar refractivity (Wildman–Crippen MR) is 72.1 cm³/mol. The lowest BCUT2D eigenvalue weighted by Gasteiger charge is -2.22. The molecule has 3 rings (SSSR count). The predicted octanol–water partition coefficient (Wildman–Crippen LogP) is 2.74. The maximum absolute atomic E-state index is 11.9. The average molecular weight is 275 g/mol. The topological polar surface area (TPSA) is 77.2 Å². The highest BCUT2D eigenvalue weighted by atomic mass is 16.6. The van der Waals surface area contributed by atoms with E-state index in [1.807, 2.05) is 26.8 Å². The smallest absolute Gasteiger partial charge is 0.408 e. The first-order chi connectivity index (χ1) is 9.38. The van der Waals surface area contributed by atoms with Crippen LogP contribution in [0.1, 0.15) is 39.5 Å². The summed E-state index contributed by atoms with van der Waals surface area (Å²) in [6.45, 7) is 5.49. The number of fused-ring (bicyclic) bond motifs is 1. The van der Waals surface area contributed by atoms with Crippen LogP contribution in [-0.2, 0) is 10.3 Å². The fourth-order valence-electron chi connectivity index (χ4n) is 1.99. The van der Waals surface area contributed by atoms with Crippen molar-refractivity contribution in [3.8, 4) is 0 Å². The second-order valence-corrected chi connectivity index (χ2v) is 6.05. The fraction of sp³-hybridized carbons (Fsp3) is 0.500. The summed E-state index contributed by atoms with van der Waals surface area (Å²) < 4.78 is 11.0. The summed E-state index contributed by atoms with van der Waals surface area (Å²) in [5.41, 5.74) is 0.117. The van der Waals surface area contributed by atoms with Gasteiger partial charge >= 0.3 is 6.09 Å². The highest BCUT2D eigenvalue weighted by Crippen LogP contribution is 2.45. The molecule has 1 fully saturated rings. The van der Waals surface area contributed by atoms with Gasteiger partial charge in [-0.3, -0.25) is 0 Å². The van der Waals surface area contributed by atoms with Gasteiger partial charge < -0.3 is 14.5 Å². The first kappa shape index (κ1) is 12.9. The van der Waals surface area contributed by atoms with E-state index >= 15 is 0 Å². The number of rotatable bonds is 2. The molecule has 106 valence electrons. The maximum atomic E-state index is 11.9. The Morgan fingerprint density at radius 3 is 2.80 bits per heavy atom. The summed E-state index contributed by atoms with van der Waals surface area (Å²) in [6.07, 6.45) is 2.79. The Morgan fingerprint density at radius 1 is 1.45 bits per heavy atom. The zero-order valence-corrected chi connectivity index (χ0v) is 11.8. The highest BCUT2D eigenvalue weighted by Gasteiger charge is 2.51. The normalized spacial score (nSPS) is 16.9. The molecule has 20 heavy (non-hydrogen) atoms. The van der Waals surface area contributed by atoms with E-state index in [0.29, 0.717) is 17.1 Å². The molecular formula is C14H17N3O3. The molecule has 1 N–H and O–H groups in total. The molecule has 2 aromatic rings. The summed E-state index contributed by atoms with van der Waals surface area (Å²) in [6, 6.07) is 3.60. The van der Waals surface area contributed by atoms with Crippen molar-refractivity contribution in [2.75, 3.05) is 0 Å². The quantitative estimate of drug-likeness (QED) is 0.911. The molecule has 1 aliphatic carbocycles. The van der Waals surface area contributed by atoms with E-state index in [1.165, 1.54) is 0 Å². The van der Waals surface area contributed by atoms with E-state index in [9.17, 15) is 4.79 Å². The number of hydrogen-bond donors (Lipinski definition) is 1. The fourth-order valence-corrected chi connectivity index (χ4v) is 1.99. The van der Waals surface area contributed by atoms with Crippen molar-refractivity contribution in [3.05, 3.63) is 24.2 Å². The third kappa shape index (κ3) is 2.45. The summed E-state index contributed by atoms with van der Waals surface area (Å²) in [5.74, 6) is 0.497. The Labute approximate surface area is 116 Å². The SMILES string of the molecule is CC(C)(C)OC(=O)NC1(c2nc3ncccc3o2)CC1. The number of aromatic nitrogens is 2. The van der Waals surface area contributed by atoms with Gasteiger partial charge in [0, 0.05) is 6.20 Å². The number of alkyl carbamates (subject to hydrolysis) is 1. The Morgan fingerprint density at radius 2 is 2.20 bits per heavy atom. The van der Waals surface area contributed by atoms with Crippen LogP contribution in [0.3, 0.4) is 0 Å². The van der Waals surface area contributed by atoms with Crippen LogP contribution < -0.4 is 5.32 Å². The van der Waals surface area contributed by atoms with Crippen molar-refractivity contribution in [2.24, 2.45) is 0 Å². The molecule has 0 unspecified atom stereocenters. The molecule has 2 aromatic heterocycles. The van der Waals surface area contributed by atoms with E-state index in [0.717, 1.165) is 12.8 Å². The third-order valence-electron chi connectivity index (χ3n) is 3.06. The molecule has 1 aliphatic rings. The third-order valence-corrected chi connectivity index (χ3v) is 3.06. The van der Waals surface area contributed by atoms with Crippen molar-refractivity contribution in [1.82, 2.24) is 15.3 Å². The molecule has 6 heteroatoms. The van der Waals surface area contributed by atoms with E-state index in [-0.39, 0.29) is 0 Å². The summed E-state index contributed by atoms with van der Waals surface area (Å²) >= 11 is 0. The molecular weight excluding hydrogens is 258 g/mol. The van der Waals surface area contributed by atoms with Gasteiger partial charge in [0.2, 0.25) is 5.89 Å². The maximum Gasteiger partial charge on any atom is 0.408 e. The highest BCUT2D eigenvalue weighted by molar-refractivity contribution is 5.71. The van der Waals surface area contributed by atoms with Gasteiger partial charge in [-0.05, 0) is 45.7 Å². The number of amides is 1. The second kappa shape index (κ2) is 4.19. The molecule has 1 saturated carbocycles. The van der Waals surface area contributed by atoms with Gasteiger partial charge in [-0.1, -0.05) is 0 Å². The van der Waals surface area contributed by atoms with Crippen LogP contribution in [-0.4, -0.2) is 21.7 Å². The van der Waals surface area contributed by atoms with Crippen LogP contribution in [0.15, 0.2) is 22.7 Å². The van der Waals surface area contributed by atoms with Gasteiger partial charge in [0.25, 0.3) is 0 Å². The average Bonchev–Trinajstić information content (AvgIpc) is 2.97. The van der Waals surface area contributed by atoms with Crippen molar-refractivity contribution in [1.29, 1.82) is 0 Å². The molecule has 0 aromatic carbocycles. The minimum absolute atomic E-state index is 0.454. The number of nitrogens with one attached hydrogen (secondary N) is 1. The van der Waals surface area contributed by atoms with Gasteiger partial charge in [0.15, 0.2) is 11.2 Å². The largest absolute Gasteiger partial charge is 0.444 e. The van der Waals surface area contributed by atoms with Crippen LogP contribution >= 0.6 is 0 Å². The van der Waals surface area contributed by atoms with Gasteiger partial charge in [0.05, 0.1) is 0 Å². The van der Waals surface area contributed by atoms with E-state index < -0.39 is 17.2 Å². The molecule has 1 amide bonds. The number of carbonyl (C=O) groups excluding carboxylic acids is 1. The molecule has 0 spiro atoms. The number of ether oxygens (including phenoxy) is 1. The van der Waals surface area contributed by atoms with Crippen molar-refractivity contribution >= 4 is 17.3 Å². The van der Waals surface area contributed by atoms with Crippen LogP contribution in [0.5, 0.6) is 0 Å². The zero-order valence-electron chi connectivity index (χ0n) is 11.8. The Balaban J connectivity index is 1.80. The first-order valence-corrected chi connectivity index (χ1v) is 6.61. The number of oxazole rings is 1. The monoisotopic (exact) mass is 275 g/mol. The second-order valence-electron chi connectivity index (χ2n) is 6.05. The Hall–Kier alpha value is -2.11. The molecule has 0 saturated heterocycles. The van der Waals surface area contributed by atoms with E-state index in [4.69, 9.17) is 9.15 Å². The molecule has 0 atom stereocenters. The summed E-state index contributed by atoms with van der Waals surface area (Å²) in [4.78, 5) is 20.4. The van der Waals surface area contributed by atoms with Crippen LogP contribution in [0.2, 0.25) is 0 Å². The molecule has 0 aliphatic heterocycles. The van der Waals surface area contributed by atoms with Crippen LogP contribution in [0.25, 0.3) is 11.2 Å². The minimum Gasteiger partial charge on any atom is -0.444 e. The molecule has 0 bridgehead atoms. The van der Waals surface area contributed by atoms with Crippen molar-refractivity contribution in [2.45, 2.75) is 44.8 Å². The van der Waals surface area contributed by atoms with E-state index in [2.05, 4.69) is 15.3 Å². The summed E-state index contributed by atoms with van der Waals surface area (Å²) in [7, 11) is 0. The lowest BCUT2D eigenvalue weighted by Crippen LogP contribution is -2.39. The van der Waals surface area contributed by atoms with Gasteiger partial charge in [-0.15, -0.1) is 0 Å². The molecule has 2 heterocycles. The lowest BCUT2D eigenvalue weighted by molar-refractivity contribution is 0.0486. The minimum atomic E-state index is -0.539. The Bertz CT molecular complexity index is 620. The first-order valence-electron chi connectivity index (χ1n) is 6.61. The molecule has 6 nitrogen and oxygen atoms in total. The zero-order chi connectivity index (χ0) is 14.4. The number of nitrogens with zero attached hydrogens (tertiary/aromatic N) is 2. The van der Waals surface area contributed by atoms with Crippen LogP contribution in [0, 0.1) is 0 Å². The number of pyridine rings is 1. The van der Waals surface area contributed by atoms with Crippen molar-refractivity contribution in [3.63, 3.8) is 0 Å². The van der Waals surface area contributed by atoms with E-state index in [1.54, 1.807) is 12.3 Å². The van der Waals surface area contributed by atoms with Crippen LogP contribution in [0.4, 0.5) is 4.79 Å². The van der Waals surface area contributed by atoms with Crippen molar-refractivity contribution < 1.29 is 13.9 Å². The standard InChI is InChI=1S/C14H17N3O3/c1-13(2,3)20-12(18)17-14(6-7-14)11-16-10-9(19-11)5-4-8-15-10/h4-5,8H,6-7H2,1-3H3,(H,17,18). The lowest BCUT2D eigenvalue weighted by atomic mass is 10.2.